The van der Waals surface area contributed by atoms with Gasteiger partial charge in [0, 0.05) is 18.5 Å². The minimum absolute atomic E-state index is 0.0468. The highest BCUT2D eigenvalue weighted by Gasteiger charge is 2.33. The third-order valence-electron chi connectivity index (χ3n) is 3.89. The van der Waals surface area contributed by atoms with Crippen molar-refractivity contribution in [3.8, 4) is 0 Å². The van der Waals surface area contributed by atoms with Crippen molar-refractivity contribution in [2.24, 2.45) is 11.7 Å². The molecule has 0 spiro atoms. The van der Waals surface area contributed by atoms with Crippen LogP contribution in [-0.4, -0.2) is 28.7 Å². The Morgan fingerprint density at radius 3 is 2.78 bits per heavy atom. The largest absolute Gasteiger partial charge is 0.369 e. The average molecular weight is 266 g/mol. The molecule has 0 unspecified atom stereocenters. The number of nitrogens with zero attached hydrogens (tertiary/aromatic N) is 3. The number of carbonyl (C=O) groups is 1. The number of anilines is 1. The number of carbonyl (C=O) groups excluding carboxylic acids is 1. The van der Waals surface area contributed by atoms with Crippen LogP contribution in [0.25, 0.3) is 0 Å². The number of hydrogen-bond acceptors (Lipinski definition) is 5. The molecule has 2 fully saturated rings. The molecule has 0 aromatic carbocycles. The Balaban J connectivity index is 1.77. The lowest BCUT2D eigenvalue weighted by atomic mass is 9.93. The Bertz CT molecular complexity index is 457. The van der Waals surface area contributed by atoms with Crippen molar-refractivity contribution in [2.75, 3.05) is 11.4 Å². The van der Waals surface area contributed by atoms with Crippen LogP contribution in [0, 0.1) is 5.92 Å². The maximum atomic E-state index is 11.3. The Labute approximate surface area is 110 Å². The first-order chi connectivity index (χ1) is 8.65. The molecule has 2 N–H and O–H groups in total. The molecule has 1 aliphatic carbocycles. The van der Waals surface area contributed by atoms with Crippen LogP contribution in [0.3, 0.4) is 0 Å². The molecule has 1 saturated heterocycles. The highest BCUT2D eigenvalue weighted by atomic mass is 32.1. The molecular formula is C12H18N4OS. The zero-order valence-electron chi connectivity index (χ0n) is 10.5. The number of primary amides is 1. The molecule has 5 nitrogen and oxygen atoms in total. The molecule has 3 rings (SSSR count). The highest BCUT2D eigenvalue weighted by molar-refractivity contribution is 7.15. The maximum absolute atomic E-state index is 11.3. The van der Waals surface area contributed by atoms with E-state index in [9.17, 15) is 4.79 Å². The number of piperidine rings is 1. The molecule has 0 radical (unpaired) electrons. The highest BCUT2D eigenvalue weighted by Crippen LogP contribution is 2.43. The Morgan fingerprint density at radius 2 is 2.11 bits per heavy atom. The van der Waals surface area contributed by atoms with E-state index in [1.807, 2.05) is 0 Å². The third-order valence-corrected chi connectivity index (χ3v) is 5.01. The SMILES string of the molecule is C[C@@H]1CC[C@H](C(N)=O)CN1c1nnc(C2CC2)s1. The second-order valence-electron chi connectivity index (χ2n) is 5.38. The topological polar surface area (TPSA) is 72.1 Å². The lowest BCUT2D eigenvalue weighted by Crippen LogP contribution is -2.45. The lowest BCUT2D eigenvalue weighted by molar-refractivity contribution is -0.122. The van der Waals surface area contributed by atoms with Crippen LogP contribution in [-0.2, 0) is 4.79 Å². The predicted molar refractivity (Wildman–Crippen MR) is 70.6 cm³/mol. The fourth-order valence-electron chi connectivity index (χ4n) is 2.44. The summed E-state index contributed by atoms with van der Waals surface area (Å²) < 4.78 is 0. The zero-order valence-corrected chi connectivity index (χ0v) is 11.3. The van der Waals surface area contributed by atoms with Crippen LogP contribution in [0.1, 0.15) is 43.5 Å². The normalized spacial score (nSPS) is 28.4. The van der Waals surface area contributed by atoms with Crippen LogP contribution in [0.15, 0.2) is 0 Å². The monoisotopic (exact) mass is 266 g/mol. The van der Waals surface area contributed by atoms with Crippen LogP contribution in [0.2, 0.25) is 0 Å². The average Bonchev–Trinajstić information content (AvgIpc) is 3.08. The number of rotatable bonds is 3. The third kappa shape index (κ3) is 2.21. The second-order valence-corrected chi connectivity index (χ2v) is 6.36. The van der Waals surface area contributed by atoms with E-state index in [0.717, 1.165) is 23.0 Å². The van der Waals surface area contributed by atoms with E-state index in [0.29, 0.717) is 18.5 Å². The molecule has 18 heavy (non-hydrogen) atoms. The van der Waals surface area contributed by atoms with E-state index >= 15 is 0 Å². The quantitative estimate of drug-likeness (QED) is 0.900. The molecule has 1 aliphatic heterocycles. The van der Waals surface area contributed by atoms with Crippen LogP contribution < -0.4 is 10.6 Å². The van der Waals surface area contributed by atoms with E-state index in [4.69, 9.17) is 5.73 Å². The van der Waals surface area contributed by atoms with E-state index in [1.165, 1.54) is 12.8 Å². The summed E-state index contributed by atoms with van der Waals surface area (Å²) in [5.74, 6) is 0.400. The minimum Gasteiger partial charge on any atom is -0.369 e. The summed E-state index contributed by atoms with van der Waals surface area (Å²) in [6.45, 7) is 2.87. The summed E-state index contributed by atoms with van der Waals surface area (Å²) in [4.78, 5) is 13.5. The first-order valence-electron chi connectivity index (χ1n) is 6.54. The molecule has 1 aromatic rings. The number of aromatic nitrogens is 2. The Kier molecular flexibility index (Phi) is 2.97. The first kappa shape index (κ1) is 11.9. The van der Waals surface area contributed by atoms with Gasteiger partial charge in [-0.25, -0.2) is 0 Å². The number of nitrogens with two attached hydrogens (primary N) is 1. The summed E-state index contributed by atoms with van der Waals surface area (Å²) in [5.41, 5.74) is 5.42. The fraction of sp³-hybridized carbons (Fsp3) is 0.750. The van der Waals surface area contributed by atoms with Crippen molar-refractivity contribution in [1.82, 2.24) is 10.2 Å². The van der Waals surface area contributed by atoms with Crippen molar-refractivity contribution in [3.63, 3.8) is 0 Å². The second kappa shape index (κ2) is 4.50. The van der Waals surface area contributed by atoms with Crippen LogP contribution in [0.4, 0.5) is 5.13 Å². The smallest absolute Gasteiger partial charge is 0.222 e. The van der Waals surface area contributed by atoms with Gasteiger partial charge in [0.1, 0.15) is 5.01 Å². The predicted octanol–water partition coefficient (Wildman–Crippen LogP) is 1.51. The van der Waals surface area contributed by atoms with Crippen LogP contribution >= 0.6 is 11.3 Å². The molecular weight excluding hydrogens is 248 g/mol. The van der Waals surface area contributed by atoms with Gasteiger partial charge in [-0.05, 0) is 32.6 Å². The van der Waals surface area contributed by atoms with E-state index in [-0.39, 0.29) is 11.8 Å². The summed E-state index contributed by atoms with van der Waals surface area (Å²) >= 11 is 1.68. The van der Waals surface area contributed by atoms with Gasteiger partial charge in [-0.15, -0.1) is 10.2 Å². The summed E-state index contributed by atoms with van der Waals surface area (Å²) in [7, 11) is 0. The van der Waals surface area contributed by atoms with Gasteiger partial charge in [0.15, 0.2) is 0 Å². The minimum atomic E-state index is -0.196. The Hall–Kier alpha value is -1.17. The molecule has 2 atom stereocenters. The molecule has 1 aromatic heterocycles. The summed E-state index contributed by atoms with van der Waals surface area (Å²) in [6, 6.07) is 0.417. The van der Waals surface area contributed by atoms with Gasteiger partial charge in [0.05, 0.1) is 5.92 Å². The molecule has 2 aliphatic rings. The van der Waals surface area contributed by atoms with Crippen molar-refractivity contribution in [3.05, 3.63) is 5.01 Å². The zero-order chi connectivity index (χ0) is 12.7. The standard InChI is InChI=1S/C12H18N4OS/c1-7-2-3-9(10(13)17)6-16(7)12-15-14-11(18-12)8-4-5-8/h7-9H,2-6H2,1H3,(H2,13,17)/t7-,9+/m1/s1. The van der Waals surface area contributed by atoms with Gasteiger partial charge in [-0.3, -0.25) is 4.79 Å². The van der Waals surface area contributed by atoms with Gasteiger partial charge < -0.3 is 10.6 Å². The van der Waals surface area contributed by atoms with E-state index < -0.39 is 0 Å². The van der Waals surface area contributed by atoms with Gasteiger partial charge >= 0.3 is 0 Å². The molecule has 1 amide bonds. The summed E-state index contributed by atoms with van der Waals surface area (Å²) in [5, 5.41) is 10.7. The molecule has 1 saturated carbocycles. The number of hydrogen-bond donors (Lipinski definition) is 1. The summed E-state index contributed by atoms with van der Waals surface area (Å²) in [6.07, 6.45) is 4.37. The van der Waals surface area contributed by atoms with Gasteiger partial charge in [0.2, 0.25) is 11.0 Å². The van der Waals surface area contributed by atoms with Crippen molar-refractivity contribution >= 4 is 22.4 Å². The molecule has 6 heteroatoms. The Morgan fingerprint density at radius 1 is 1.33 bits per heavy atom. The molecule has 0 bridgehead atoms. The van der Waals surface area contributed by atoms with E-state index in [2.05, 4.69) is 22.0 Å². The van der Waals surface area contributed by atoms with Crippen molar-refractivity contribution in [2.45, 2.75) is 44.6 Å². The molecule has 2 heterocycles. The fourth-order valence-corrected chi connectivity index (χ4v) is 3.57. The maximum Gasteiger partial charge on any atom is 0.222 e. The van der Waals surface area contributed by atoms with Gasteiger partial charge in [0.25, 0.3) is 0 Å². The lowest BCUT2D eigenvalue weighted by Gasteiger charge is -2.36. The van der Waals surface area contributed by atoms with Crippen molar-refractivity contribution < 1.29 is 4.79 Å². The van der Waals surface area contributed by atoms with Crippen LogP contribution in [0.5, 0.6) is 0 Å². The molecule has 98 valence electrons. The van der Waals surface area contributed by atoms with Gasteiger partial charge in [-0.1, -0.05) is 11.3 Å². The first-order valence-corrected chi connectivity index (χ1v) is 7.36. The van der Waals surface area contributed by atoms with Gasteiger partial charge in [-0.2, -0.15) is 0 Å². The number of amides is 1. The van der Waals surface area contributed by atoms with E-state index in [1.54, 1.807) is 11.3 Å². The van der Waals surface area contributed by atoms with Crippen molar-refractivity contribution in [1.29, 1.82) is 0 Å².